The van der Waals surface area contributed by atoms with Gasteiger partial charge in [-0.05, 0) is 29.9 Å². The molecule has 94 valence electrons. The molecule has 0 aliphatic carbocycles. The van der Waals surface area contributed by atoms with Crippen molar-refractivity contribution in [1.29, 1.82) is 0 Å². The molecule has 0 fully saturated rings. The third-order valence-electron chi connectivity index (χ3n) is 3.82. The first-order valence-corrected chi connectivity index (χ1v) is 7.42. The van der Waals surface area contributed by atoms with E-state index in [0.717, 1.165) is 18.7 Å². The minimum atomic E-state index is 0.218. The van der Waals surface area contributed by atoms with Gasteiger partial charge in [0.05, 0.1) is 5.04 Å². The van der Waals surface area contributed by atoms with Gasteiger partial charge in [0, 0.05) is 11.3 Å². The Morgan fingerprint density at radius 2 is 1.88 bits per heavy atom. The van der Waals surface area contributed by atoms with Gasteiger partial charge in [-0.15, -0.1) is 11.8 Å². The SMILES string of the molecule is CC1=NCCC(C(C)(C)C)(C(C)(C)CS)S1. The van der Waals surface area contributed by atoms with Gasteiger partial charge in [0.15, 0.2) is 0 Å². The molecule has 3 heteroatoms. The summed E-state index contributed by atoms with van der Waals surface area (Å²) in [6.45, 7) is 14.8. The number of hydrogen-bond acceptors (Lipinski definition) is 3. The van der Waals surface area contributed by atoms with Crippen molar-refractivity contribution in [2.24, 2.45) is 15.8 Å². The summed E-state index contributed by atoms with van der Waals surface area (Å²) in [5, 5.41) is 1.23. The second kappa shape index (κ2) is 4.56. The lowest BCUT2D eigenvalue weighted by molar-refractivity contribution is 0.138. The highest BCUT2D eigenvalue weighted by atomic mass is 32.2. The number of rotatable bonds is 2. The van der Waals surface area contributed by atoms with E-state index in [-0.39, 0.29) is 15.6 Å². The maximum atomic E-state index is 4.57. The van der Waals surface area contributed by atoms with Crippen molar-refractivity contribution in [2.75, 3.05) is 12.3 Å². The molecule has 1 atom stereocenters. The van der Waals surface area contributed by atoms with Gasteiger partial charge >= 0.3 is 0 Å². The van der Waals surface area contributed by atoms with E-state index in [4.69, 9.17) is 0 Å². The lowest BCUT2D eigenvalue weighted by Gasteiger charge is -2.55. The summed E-state index contributed by atoms with van der Waals surface area (Å²) >= 11 is 6.55. The molecule has 0 radical (unpaired) electrons. The Morgan fingerprint density at radius 3 is 2.25 bits per heavy atom. The van der Waals surface area contributed by atoms with Crippen LogP contribution in [0.1, 0.15) is 48.0 Å². The predicted molar refractivity (Wildman–Crippen MR) is 80.0 cm³/mol. The molecule has 0 saturated carbocycles. The molecule has 0 N–H and O–H groups in total. The molecule has 1 nitrogen and oxygen atoms in total. The maximum Gasteiger partial charge on any atom is 0.0650 e. The van der Waals surface area contributed by atoms with E-state index >= 15 is 0 Å². The Bertz CT molecular complexity index is 289. The highest BCUT2D eigenvalue weighted by molar-refractivity contribution is 8.15. The summed E-state index contributed by atoms with van der Waals surface area (Å²) in [6.07, 6.45) is 1.16. The van der Waals surface area contributed by atoms with Gasteiger partial charge in [0.1, 0.15) is 0 Å². The molecule has 1 aliphatic heterocycles. The van der Waals surface area contributed by atoms with Gasteiger partial charge in [-0.1, -0.05) is 34.6 Å². The van der Waals surface area contributed by atoms with Crippen molar-refractivity contribution in [3.05, 3.63) is 0 Å². The summed E-state index contributed by atoms with van der Waals surface area (Å²) in [5.41, 5.74) is 0.483. The second-order valence-corrected chi connectivity index (χ2v) is 8.18. The number of nitrogens with zero attached hydrogens (tertiary/aromatic N) is 1. The first kappa shape index (κ1) is 14.4. The third kappa shape index (κ3) is 2.31. The Morgan fingerprint density at radius 1 is 1.31 bits per heavy atom. The minimum absolute atomic E-state index is 0.218. The monoisotopic (exact) mass is 259 g/mol. The molecule has 0 spiro atoms. The van der Waals surface area contributed by atoms with Crippen LogP contribution in [0.2, 0.25) is 0 Å². The van der Waals surface area contributed by atoms with Gasteiger partial charge in [0.2, 0.25) is 0 Å². The molecule has 0 bridgehead atoms. The fourth-order valence-electron chi connectivity index (χ4n) is 2.85. The molecule has 1 unspecified atom stereocenters. The van der Waals surface area contributed by atoms with E-state index in [9.17, 15) is 0 Å². The molecule has 1 heterocycles. The highest BCUT2D eigenvalue weighted by Crippen LogP contribution is 2.57. The van der Waals surface area contributed by atoms with E-state index in [0.29, 0.717) is 0 Å². The standard InChI is InChI=1S/C13H25NS2/c1-10-14-8-7-13(16-10,11(2,3)4)12(5,6)9-15/h15H,7-9H2,1-6H3. The average molecular weight is 259 g/mol. The van der Waals surface area contributed by atoms with E-state index in [1.165, 1.54) is 5.04 Å². The van der Waals surface area contributed by atoms with Crippen LogP contribution in [0, 0.1) is 10.8 Å². The van der Waals surface area contributed by atoms with Gasteiger partial charge in [-0.3, -0.25) is 4.99 Å². The first-order chi connectivity index (χ1) is 7.16. The molecular formula is C13H25NS2. The summed E-state index contributed by atoms with van der Waals surface area (Å²) in [7, 11) is 0. The molecule has 1 rings (SSSR count). The predicted octanol–water partition coefficient (Wildman–Crippen LogP) is 4.28. The van der Waals surface area contributed by atoms with Crippen molar-refractivity contribution in [3.8, 4) is 0 Å². The molecule has 0 aromatic rings. The van der Waals surface area contributed by atoms with Crippen LogP contribution in [-0.4, -0.2) is 22.1 Å². The number of thiol groups is 1. The molecule has 0 aromatic heterocycles. The Hall–Kier alpha value is 0.370. The smallest absolute Gasteiger partial charge is 0.0650 e. The van der Waals surface area contributed by atoms with Crippen LogP contribution >= 0.6 is 24.4 Å². The van der Waals surface area contributed by atoms with E-state index in [1.807, 2.05) is 11.8 Å². The van der Waals surface area contributed by atoms with Crippen molar-refractivity contribution in [1.82, 2.24) is 0 Å². The molecular weight excluding hydrogens is 234 g/mol. The van der Waals surface area contributed by atoms with Gasteiger partial charge in [-0.25, -0.2) is 0 Å². The largest absolute Gasteiger partial charge is 0.283 e. The van der Waals surface area contributed by atoms with Crippen LogP contribution in [-0.2, 0) is 0 Å². The summed E-state index contributed by atoms with van der Waals surface area (Å²) in [4.78, 5) is 4.54. The van der Waals surface area contributed by atoms with Crippen LogP contribution in [0.25, 0.3) is 0 Å². The number of aliphatic imine (C=N–C) groups is 1. The van der Waals surface area contributed by atoms with Crippen LogP contribution in [0.15, 0.2) is 4.99 Å². The highest BCUT2D eigenvalue weighted by Gasteiger charge is 2.53. The van der Waals surface area contributed by atoms with Crippen LogP contribution in [0.5, 0.6) is 0 Å². The maximum absolute atomic E-state index is 4.57. The lowest BCUT2D eigenvalue weighted by Crippen LogP contribution is -2.54. The summed E-state index contributed by atoms with van der Waals surface area (Å²) in [5.74, 6) is 0.921. The van der Waals surface area contributed by atoms with Crippen molar-refractivity contribution < 1.29 is 0 Å². The van der Waals surface area contributed by atoms with Crippen molar-refractivity contribution >= 4 is 29.4 Å². The van der Waals surface area contributed by atoms with Crippen LogP contribution in [0.4, 0.5) is 0 Å². The minimum Gasteiger partial charge on any atom is -0.283 e. The lowest BCUT2D eigenvalue weighted by atomic mass is 9.64. The molecule has 16 heavy (non-hydrogen) atoms. The Labute approximate surface area is 110 Å². The third-order valence-corrected chi connectivity index (χ3v) is 6.75. The normalized spacial score (nSPS) is 27.8. The average Bonchev–Trinajstić information content (AvgIpc) is 2.15. The van der Waals surface area contributed by atoms with Crippen molar-refractivity contribution in [3.63, 3.8) is 0 Å². The van der Waals surface area contributed by atoms with E-state index in [1.54, 1.807) is 0 Å². The number of hydrogen-bond donors (Lipinski definition) is 1. The fourth-order valence-corrected chi connectivity index (χ4v) is 4.74. The van der Waals surface area contributed by atoms with Crippen LogP contribution < -0.4 is 0 Å². The first-order valence-electron chi connectivity index (χ1n) is 5.97. The summed E-state index contributed by atoms with van der Waals surface area (Å²) < 4.78 is 0.244. The molecule has 0 aromatic carbocycles. The zero-order chi connectivity index (χ0) is 12.6. The Kier molecular flexibility index (Phi) is 4.12. The summed E-state index contributed by atoms with van der Waals surface area (Å²) in [6, 6.07) is 0. The second-order valence-electron chi connectivity index (χ2n) is 6.37. The molecule has 1 aliphatic rings. The van der Waals surface area contributed by atoms with E-state index in [2.05, 4.69) is 59.2 Å². The quantitative estimate of drug-likeness (QED) is 0.730. The Balaban J connectivity index is 3.20. The topological polar surface area (TPSA) is 12.4 Å². The van der Waals surface area contributed by atoms with Gasteiger partial charge in [0.25, 0.3) is 0 Å². The van der Waals surface area contributed by atoms with Crippen LogP contribution in [0.3, 0.4) is 0 Å². The zero-order valence-corrected chi connectivity index (χ0v) is 13.1. The van der Waals surface area contributed by atoms with Crippen molar-refractivity contribution in [2.45, 2.75) is 52.7 Å². The molecule has 0 saturated heterocycles. The van der Waals surface area contributed by atoms with Gasteiger partial charge in [-0.2, -0.15) is 12.6 Å². The van der Waals surface area contributed by atoms with Gasteiger partial charge < -0.3 is 0 Å². The van der Waals surface area contributed by atoms with E-state index < -0.39 is 0 Å². The zero-order valence-electron chi connectivity index (χ0n) is 11.4. The fraction of sp³-hybridized carbons (Fsp3) is 0.923. The molecule has 0 amide bonds. The number of thioether (sulfide) groups is 1.